The summed E-state index contributed by atoms with van der Waals surface area (Å²) in [7, 11) is 0. The maximum atomic E-state index is 12.7. The van der Waals surface area contributed by atoms with Crippen molar-refractivity contribution in [3.05, 3.63) is 57.8 Å². The van der Waals surface area contributed by atoms with Gasteiger partial charge in [-0.3, -0.25) is 19.8 Å². The lowest BCUT2D eigenvalue weighted by Gasteiger charge is -2.26. The Morgan fingerprint density at radius 2 is 1.68 bits per heavy atom. The van der Waals surface area contributed by atoms with Gasteiger partial charge in [0.1, 0.15) is 0 Å². The van der Waals surface area contributed by atoms with Gasteiger partial charge in [-0.15, -0.1) is 5.01 Å². The van der Waals surface area contributed by atoms with Crippen LogP contribution in [0, 0.1) is 0 Å². The topological polar surface area (TPSA) is 96.0 Å². The number of nitrogens with zero attached hydrogens (tertiary/aromatic N) is 2. The first-order chi connectivity index (χ1) is 15.0. The molecular formula is C22H25N3O5S. The molecule has 2 aromatic rings. The van der Waals surface area contributed by atoms with Crippen LogP contribution in [-0.4, -0.2) is 53.4 Å². The van der Waals surface area contributed by atoms with Crippen molar-refractivity contribution in [2.45, 2.75) is 32.6 Å². The Bertz CT molecular complexity index is 921. The number of hydrogen-bond donors (Lipinski definition) is 1. The molecule has 31 heavy (non-hydrogen) atoms. The average molecular weight is 444 g/mol. The van der Waals surface area contributed by atoms with Crippen molar-refractivity contribution in [1.29, 1.82) is 0 Å². The molecule has 164 valence electrons. The van der Waals surface area contributed by atoms with Crippen LogP contribution in [0.3, 0.4) is 0 Å². The van der Waals surface area contributed by atoms with Crippen molar-refractivity contribution in [2.75, 3.05) is 19.7 Å². The van der Waals surface area contributed by atoms with Crippen LogP contribution < -0.4 is 5.43 Å². The second-order valence-corrected chi connectivity index (χ2v) is 7.92. The number of amides is 4. The third-order valence-corrected chi connectivity index (χ3v) is 5.52. The molecule has 1 N–H and O–H groups in total. The second-order valence-electron chi connectivity index (χ2n) is 7.14. The van der Waals surface area contributed by atoms with E-state index in [0.717, 1.165) is 32.4 Å². The van der Waals surface area contributed by atoms with Gasteiger partial charge in [-0.1, -0.05) is 6.92 Å². The van der Waals surface area contributed by atoms with Crippen molar-refractivity contribution in [3.63, 3.8) is 0 Å². The van der Waals surface area contributed by atoms with Crippen LogP contribution in [0.1, 0.15) is 63.7 Å². The fourth-order valence-electron chi connectivity index (χ4n) is 3.16. The van der Waals surface area contributed by atoms with Gasteiger partial charge in [-0.25, -0.2) is 4.79 Å². The summed E-state index contributed by atoms with van der Waals surface area (Å²) in [6.07, 6.45) is 2.74. The number of imide groups is 1. The van der Waals surface area contributed by atoms with Crippen LogP contribution in [-0.2, 0) is 4.74 Å². The minimum Gasteiger partial charge on any atom is -0.448 e. The second kappa shape index (κ2) is 10.7. The van der Waals surface area contributed by atoms with Crippen molar-refractivity contribution in [1.82, 2.24) is 15.3 Å². The van der Waals surface area contributed by atoms with E-state index in [2.05, 4.69) is 5.43 Å². The molecule has 0 atom stereocenters. The standard InChI is InChI=1S/C22H25N3O5S/c1-2-13-30-22(29)25(21(28)18-10-14-31-15-18)23-19(26)16-6-8-17(9-7-16)20(27)24-11-4-3-5-12-24/h6-10,14-15H,2-5,11-13H2,1H3,(H,23,26). The fourth-order valence-corrected chi connectivity index (χ4v) is 3.79. The third kappa shape index (κ3) is 5.69. The molecule has 0 aliphatic carbocycles. The largest absolute Gasteiger partial charge is 0.448 e. The molecule has 0 unspecified atom stereocenters. The van der Waals surface area contributed by atoms with Gasteiger partial charge in [0.25, 0.3) is 17.7 Å². The van der Waals surface area contributed by atoms with E-state index in [1.54, 1.807) is 29.0 Å². The highest BCUT2D eigenvalue weighted by atomic mass is 32.1. The number of hydrogen-bond acceptors (Lipinski definition) is 6. The van der Waals surface area contributed by atoms with Gasteiger partial charge >= 0.3 is 6.09 Å². The first-order valence-corrected chi connectivity index (χ1v) is 11.2. The summed E-state index contributed by atoms with van der Waals surface area (Å²) < 4.78 is 5.03. The van der Waals surface area contributed by atoms with Gasteiger partial charge in [0, 0.05) is 29.6 Å². The predicted molar refractivity (Wildman–Crippen MR) is 116 cm³/mol. The molecule has 8 nitrogen and oxygen atoms in total. The van der Waals surface area contributed by atoms with E-state index in [-0.39, 0.29) is 23.6 Å². The summed E-state index contributed by atoms with van der Waals surface area (Å²) in [5.74, 6) is -1.41. The zero-order valence-corrected chi connectivity index (χ0v) is 18.2. The molecule has 0 radical (unpaired) electrons. The van der Waals surface area contributed by atoms with Crippen molar-refractivity contribution in [2.24, 2.45) is 0 Å². The molecule has 0 spiro atoms. The Kier molecular flexibility index (Phi) is 7.77. The molecule has 1 aromatic heterocycles. The Hall–Kier alpha value is -3.20. The normalized spacial score (nSPS) is 13.4. The van der Waals surface area contributed by atoms with E-state index < -0.39 is 17.9 Å². The number of nitrogens with one attached hydrogen (secondary N) is 1. The Morgan fingerprint density at radius 1 is 1.00 bits per heavy atom. The summed E-state index contributed by atoms with van der Waals surface area (Å²) in [6, 6.07) is 7.70. The van der Waals surface area contributed by atoms with Crippen LogP contribution in [0.25, 0.3) is 0 Å². The van der Waals surface area contributed by atoms with Crippen LogP contribution in [0.4, 0.5) is 4.79 Å². The number of hydrazine groups is 1. The highest BCUT2D eigenvalue weighted by molar-refractivity contribution is 7.08. The predicted octanol–water partition coefficient (Wildman–Crippen LogP) is 3.71. The average Bonchev–Trinajstić information content (AvgIpc) is 3.35. The smallest absolute Gasteiger partial charge is 0.436 e. The molecule has 1 fully saturated rings. The molecule has 0 bridgehead atoms. The number of piperidine rings is 1. The number of benzene rings is 1. The Labute approximate surface area is 184 Å². The maximum absolute atomic E-state index is 12.7. The lowest BCUT2D eigenvalue weighted by molar-refractivity contribution is 0.0495. The number of thiophene rings is 1. The van der Waals surface area contributed by atoms with Gasteiger partial charge in [-0.05, 0) is 61.4 Å². The van der Waals surface area contributed by atoms with Crippen LogP contribution >= 0.6 is 11.3 Å². The van der Waals surface area contributed by atoms with Crippen molar-refractivity contribution in [3.8, 4) is 0 Å². The summed E-state index contributed by atoms with van der Waals surface area (Å²) in [4.78, 5) is 52.1. The van der Waals surface area contributed by atoms with E-state index in [9.17, 15) is 19.2 Å². The first kappa shape index (κ1) is 22.5. The lowest BCUT2D eigenvalue weighted by atomic mass is 10.1. The fraction of sp³-hybridized carbons (Fsp3) is 0.364. The quantitative estimate of drug-likeness (QED) is 0.711. The van der Waals surface area contributed by atoms with Gasteiger partial charge in [0.2, 0.25) is 0 Å². The molecular weight excluding hydrogens is 418 g/mol. The van der Waals surface area contributed by atoms with Gasteiger partial charge in [0.15, 0.2) is 0 Å². The molecule has 4 amide bonds. The first-order valence-electron chi connectivity index (χ1n) is 10.2. The van der Waals surface area contributed by atoms with Gasteiger partial charge < -0.3 is 9.64 Å². The molecule has 2 heterocycles. The SMILES string of the molecule is CCCOC(=O)N(NC(=O)c1ccc(C(=O)N2CCCCC2)cc1)C(=O)c1ccsc1. The van der Waals surface area contributed by atoms with E-state index in [0.29, 0.717) is 17.0 Å². The monoisotopic (exact) mass is 443 g/mol. The minimum atomic E-state index is -0.955. The van der Waals surface area contributed by atoms with E-state index >= 15 is 0 Å². The number of likely N-dealkylation sites (tertiary alicyclic amines) is 1. The third-order valence-electron chi connectivity index (χ3n) is 4.83. The van der Waals surface area contributed by atoms with Gasteiger partial charge in [-0.2, -0.15) is 11.3 Å². The number of ether oxygens (including phenoxy) is 1. The minimum absolute atomic E-state index is 0.0657. The van der Waals surface area contributed by atoms with Crippen molar-refractivity contribution >= 4 is 35.2 Å². The molecule has 0 saturated carbocycles. The summed E-state index contributed by atoms with van der Waals surface area (Å²) >= 11 is 1.30. The number of carbonyl (C=O) groups excluding carboxylic acids is 4. The van der Waals surface area contributed by atoms with E-state index in [1.807, 2.05) is 11.8 Å². The van der Waals surface area contributed by atoms with Crippen LogP contribution in [0.2, 0.25) is 0 Å². The Balaban J connectivity index is 1.71. The molecule has 1 aromatic carbocycles. The van der Waals surface area contributed by atoms with Gasteiger partial charge in [0.05, 0.1) is 12.2 Å². The molecule has 1 aliphatic heterocycles. The molecule has 9 heteroatoms. The van der Waals surface area contributed by atoms with Crippen molar-refractivity contribution < 1.29 is 23.9 Å². The molecule has 1 saturated heterocycles. The summed E-state index contributed by atoms with van der Waals surface area (Å²) in [5.41, 5.74) is 3.29. The van der Waals surface area contributed by atoms with E-state index in [1.165, 1.54) is 23.5 Å². The molecule has 3 rings (SSSR count). The van der Waals surface area contributed by atoms with Crippen LogP contribution in [0.15, 0.2) is 41.1 Å². The summed E-state index contributed by atoms with van der Waals surface area (Å²) in [6.45, 7) is 3.42. The number of carbonyl (C=O) groups is 4. The highest BCUT2D eigenvalue weighted by Gasteiger charge is 2.27. The lowest BCUT2D eigenvalue weighted by Crippen LogP contribution is -2.50. The summed E-state index contributed by atoms with van der Waals surface area (Å²) in [5, 5.41) is 3.85. The zero-order valence-electron chi connectivity index (χ0n) is 17.3. The Morgan fingerprint density at radius 3 is 2.29 bits per heavy atom. The van der Waals surface area contributed by atoms with E-state index in [4.69, 9.17) is 4.74 Å². The maximum Gasteiger partial charge on any atom is 0.436 e. The highest BCUT2D eigenvalue weighted by Crippen LogP contribution is 2.15. The number of rotatable bonds is 5. The molecule has 1 aliphatic rings. The van der Waals surface area contributed by atoms with Crippen LogP contribution in [0.5, 0.6) is 0 Å². The zero-order chi connectivity index (χ0) is 22.2.